The van der Waals surface area contributed by atoms with Gasteiger partial charge in [-0.3, -0.25) is 0 Å². The second-order valence-corrected chi connectivity index (χ2v) is 7.71. The molecule has 0 bridgehead atoms. The second-order valence-electron chi connectivity index (χ2n) is 5.88. The number of rotatable bonds is 2. The first kappa shape index (κ1) is 16.4. The third-order valence-electron chi connectivity index (χ3n) is 4.13. The van der Waals surface area contributed by atoms with Crippen LogP contribution < -0.4 is 0 Å². The number of aromatic nitrogens is 2. The fourth-order valence-electron chi connectivity index (χ4n) is 2.84. The maximum atomic E-state index is 4.98. The van der Waals surface area contributed by atoms with Crippen LogP contribution in [0.5, 0.6) is 0 Å². The Balaban J connectivity index is 2.03. The maximum absolute atomic E-state index is 4.98. The molecule has 2 nitrogen and oxygen atoms in total. The minimum Gasteiger partial charge on any atom is -0.244 e. The summed E-state index contributed by atoms with van der Waals surface area (Å²) in [5, 5.41) is 0. The number of halogens is 2. The molecule has 25 heavy (non-hydrogen) atoms. The van der Waals surface area contributed by atoms with Gasteiger partial charge in [-0.25, -0.2) is 9.97 Å². The van der Waals surface area contributed by atoms with E-state index in [0.29, 0.717) is 0 Å². The standard InChI is InChI=1S/C21H14Br2N2/c1-13-3-2-4-18-19(13)25-21(15-7-11-17(23)12-8-15)20(24-18)14-5-9-16(22)10-6-14/h2-12H,1H3. The molecule has 0 spiro atoms. The lowest BCUT2D eigenvalue weighted by Gasteiger charge is -2.12. The fraction of sp³-hybridized carbons (Fsp3) is 0.0476. The molecule has 0 aliphatic carbocycles. The summed E-state index contributed by atoms with van der Waals surface area (Å²) < 4.78 is 2.09. The van der Waals surface area contributed by atoms with Crippen LogP contribution in [0.15, 0.2) is 75.7 Å². The molecule has 1 aromatic heterocycles. The van der Waals surface area contributed by atoms with E-state index in [1.165, 1.54) is 0 Å². The summed E-state index contributed by atoms with van der Waals surface area (Å²) in [6.45, 7) is 2.07. The minimum atomic E-state index is 0.896. The summed E-state index contributed by atoms with van der Waals surface area (Å²) in [7, 11) is 0. The van der Waals surface area contributed by atoms with Gasteiger partial charge >= 0.3 is 0 Å². The van der Waals surface area contributed by atoms with E-state index in [1.807, 2.05) is 36.4 Å². The van der Waals surface area contributed by atoms with Gasteiger partial charge in [0, 0.05) is 20.1 Å². The Bertz CT molecular complexity index is 1060. The first-order valence-electron chi connectivity index (χ1n) is 7.91. The van der Waals surface area contributed by atoms with Crippen molar-refractivity contribution in [1.82, 2.24) is 9.97 Å². The van der Waals surface area contributed by atoms with Gasteiger partial charge in [0.25, 0.3) is 0 Å². The summed E-state index contributed by atoms with van der Waals surface area (Å²) in [5.74, 6) is 0. The summed E-state index contributed by atoms with van der Waals surface area (Å²) in [4.78, 5) is 9.93. The van der Waals surface area contributed by atoms with Gasteiger partial charge in [0.15, 0.2) is 0 Å². The van der Waals surface area contributed by atoms with Crippen LogP contribution in [-0.2, 0) is 0 Å². The molecule has 0 aliphatic rings. The molecule has 0 saturated heterocycles. The van der Waals surface area contributed by atoms with E-state index >= 15 is 0 Å². The van der Waals surface area contributed by atoms with Crippen LogP contribution in [0.3, 0.4) is 0 Å². The monoisotopic (exact) mass is 452 g/mol. The van der Waals surface area contributed by atoms with E-state index in [0.717, 1.165) is 48.1 Å². The highest BCUT2D eigenvalue weighted by molar-refractivity contribution is 9.10. The first-order chi connectivity index (χ1) is 12.1. The highest BCUT2D eigenvalue weighted by atomic mass is 79.9. The molecular weight excluding hydrogens is 440 g/mol. The molecular formula is C21H14Br2N2. The van der Waals surface area contributed by atoms with E-state index in [9.17, 15) is 0 Å². The zero-order valence-corrected chi connectivity index (χ0v) is 16.7. The normalized spacial score (nSPS) is 11.0. The van der Waals surface area contributed by atoms with E-state index in [-0.39, 0.29) is 0 Å². The van der Waals surface area contributed by atoms with Crippen molar-refractivity contribution in [2.45, 2.75) is 6.92 Å². The average Bonchev–Trinajstić information content (AvgIpc) is 2.63. The average molecular weight is 454 g/mol. The van der Waals surface area contributed by atoms with E-state index < -0.39 is 0 Å². The van der Waals surface area contributed by atoms with Crippen molar-refractivity contribution in [3.8, 4) is 22.5 Å². The summed E-state index contributed by atoms with van der Waals surface area (Å²) >= 11 is 7.00. The number of aryl methyl sites for hydroxylation is 1. The van der Waals surface area contributed by atoms with Gasteiger partial charge in [-0.15, -0.1) is 0 Å². The second kappa shape index (κ2) is 6.70. The van der Waals surface area contributed by atoms with E-state index in [1.54, 1.807) is 0 Å². The van der Waals surface area contributed by atoms with Crippen molar-refractivity contribution in [3.63, 3.8) is 0 Å². The molecule has 0 atom stereocenters. The van der Waals surface area contributed by atoms with Crippen LogP contribution in [-0.4, -0.2) is 9.97 Å². The zero-order valence-electron chi connectivity index (χ0n) is 13.5. The Hall–Kier alpha value is -2.04. The Labute approximate surface area is 163 Å². The number of para-hydroxylation sites is 1. The summed E-state index contributed by atoms with van der Waals surface area (Å²) in [5.41, 5.74) is 6.89. The Morgan fingerprint density at radius 2 is 1.16 bits per heavy atom. The van der Waals surface area contributed by atoms with Crippen molar-refractivity contribution >= 4 is 42.9 Å². The van der Waals surface area contributed by atoms with Crippen LogP contribution in [0, 0.1) is 6.92 Å². The number of nitrogens with zero attached hydrogens (tertiary/aromatic N) is 2. The predicted octanol–water partition coefficient (Wildman–Crippen LogP) is 6.80. The summed E-state index contributed by atoms with van der Waals surface area (Å²) in [6.07, 6.45) is 0. The SMILES string of the molecule is Cc1cccc2nc(-c3ccc(Br)cc3)c(-c3ccc(Br)cc3)nc12. The van der Waals surface area contributed by atoms with E-state index in [2.05, 4.69) is 69.1 Å². The van der Waals surface area contributed by atoms with Gasteiger partial charge in [0.05, 0.1) is 22.4 Å². The molecule has 122 valence electrons. The van der Waals surface area contributed by atoms with Crippen molar-refractivity contribution in [2.24, 2.45) is 0 Å². The Kier molecular flexibility index (Phi) is 4.40. The molecule has 0 N–H and O–H groups in total. The fourth-order valence-corrected chi connectivity index (χ4v) is 3.36. The number of fused-ring (bicyclic) bond motifs is 1. The third kappa shape index (κ3) is 3.24. The smallest absolute Gasteiger partial charge is 0.0973 e. The molecule has 0 unspecified atom stereocenters. The van der Waals surface area contributed by atoms with Crippen LogP contribution in [0.25, 0.3) is 33.5 Å². The molecule has 0 fully saturated rings. The van der Waals surface area contributed by atoms with Gasteiger partial charge < -0.3 is 0 Å². The number of hydrogen-bond donors (Lipinski definition) is 0. The lowest BCUT2D eigenvalue weighted by atomic mass is 10.0. The van der Waals surface area contributed by atoms with Gasteiger partial charge in [-0.1, -0.05) is 68.3 Å². The lowest BCUT2D eigenvalue weighted by Crippen LogP contribution is -1.96. The largest absolute Gasteiger partial charge is 0.244 e. The number of hydrogen-bond acceptors (Lipinski definition) is 2. The molecule has 0 saturated carbocycles. The molecule has 0 radical (unpaired) electrons. The molecule has 4 aromatic rings. The number of benzene rings is 3. The molecule has 4 heteroatoms. The molecule has 0 aliphatic heterocycles. The van der Waals surface area contributed by atoms with Gasteiger partial charge in [0.1, 0.15) is 0 Å². The lowest BCUT2D eigenvalue weighted by molar-refractivity contribution is 1.27. The molecule has 0 amide bonds. The van der Waals surface area contributed by atoms with Crippen molar-refractivity contribution in [1.29, 1.82) is 0 Å². The molecule has 3 aromatic carbocycles. The van der Waals surface area contributed by atoms with Crippen LogP contribution in [0.2, 0.25) is 0 Å². The topological polar surface area (TPSA) is 25.8 Å². The van der Waals surface area contributed by atoms with E-state index in [4.69, 9.17) is 9.97 Å². The molecule has 4 rings (SSSR count). The predicted molar refractivity (Wildman–Crippen MR) is 111 cm³/mol. The van der Waals surface area contributed by atoms with Gasteiger partial charge in [-0.2, -0.15) is 0 Å². The maximum Gasteiger partial charge on any atom is 0.0973 e. The van der Waals surface area contributed by atoms with Gasteiger partial charge in [0.2, 0.25) is 0 Å². The zero-order chi connectivity index (χ0) is 17.4. The van der Waals surface area contributed by atoms with Crippen molar-refractivity contribution < 1.29 is 0 Å². The molecule has 1 heterocycles. The quantitative estimate of drug-likeness (QED) is 0.333. The van der Waals surface area contributed by atoms with Crippen LogP contribution in [0.1, 0.15) is 5.56 Å². The third-order valence-corrected chi connectivity index (χ3v) is 5.19. The van der Waals surface area contributed by atoms with Gasteiger partial charge in [-0.05, 0) is 42.8 Å². The summed E-state index contributed by atoms with van der Waals surface area (Å²) in [6, 6.07) is 22.5. The van der Waals surface area contributed by atoms with Crippen LogP contribution >= 0.6 is 31.9 Å². The van der Waals surface area contributed by atoms with Crippen molar-refractivity contribution in [3.05, 3.63) is 81.2 Å². The Morgan fingerprint density at radius 3 is 1.72 bits per heavy atom. The Morgan fingerprint density at radius 1 is 0.640 bits per heavy atom. The van der Waals surface area contributed by atoms with Crippen molar-refractivity contribution in [2.75, 3.05) is 0 Å². The van der Waals surface area contributed by atoms with Crippen LogP contribution in [0.4, 0.5) is 0 Å². The first-order valence-corrected chi connectivity index (χ1v) is 9.50. The highest BCUT2D eigenvalue weighted by Gasteiger charge is 2.14. The highest BCUT2D eigenvalue weighted by Crippen LogP contribution is 2.32. The minimum absolute atomic E-state index is 0.896.